The zero-order valence-electron chi connectivity index (χ0n) is 10.2. The van der Waals surface area contributed by atoms with Crippen LogP contribution in [0.3, 0.4) is 0 Å². The van der Waals surface area contributed by atoms with E-state index in [4.69, 9.17) is 0 Å². The molecule has 0 amide bonds. The Labute approximate surface area is 116 Å². The van der Waals surface area contributed by atoms with Crippen LogP contribution in [0.5, 0.6) is 0 Å². The summed E-state index contributed by atoms with van der Waals surface area (Å²) in [6, 6.07) is 6.82. The summed E-state index contributed by atoms with van der Waals surface area (Å²) in [5.74, 6) is 2.38. The lowest BCUT2D eigenvalue weighted by Crippen LogP contribution is -2.40. The summed E-state index contributed by atoms with van der Waals surface area (Å²) in [7, 11) is 0. The third-order valence-electron chi connectivity index (χ3n) is 3.13. The van der Waals surface area contributed by atoms with Crippen LogP contribution in [-0.4, -0.2) is 29.2 Å². The highest BCUT2D eigenvalue weighted by Crippen LogP contribution is 2.30. The fourth-order valence-corrected chi connectivity index (χ4v) is 3.86. The monoisotopic (exact) mass is 315 g/mol. The van der Waals surface area contributed by atoms with Gasteiger partial charge in [0.1, 0.15) is 0 Å². The summed E-state index contributed by atoms with van der Waals surface area (Å²) >= 11 is 5.56. The van der Waals surface area contributed by atoms with Crippen molar-refractivity contribution in [2.45, 2.75) is 26.0 Å². The molecular weight excluding hydrogens is 298 g/mol. The number of hydrogen-bond acceptors (Lipinski definition) is 3. The van der Waals surface area contributed by atoms with Gasteiger partial charge in [0, 0.05) is 34.3 Å². The van der Waals surface area contributed by atoms with Crippen LogP contribution in [-0.2, 0) is 0 Å². The lowest BCUT2D eigenvalue weighted by molar-refractivity contribution is 0.198. The Balaban J connectivity index is 2.24. The number of halogens is 1. The second kappa shape index (κ2) is 5.63. The van der Waals surface area contributed by atoms with Crippen LogP contribution < -0.4 is 4.90 Å². The van der Waals surface area contributed by atoms with E-state index in [1.54, 1.807) is 6.92 Å². The smallest absolute Gasteiger partial charge is 0.0772 e. The van der Waals surface area contributed by atoms with Crippen LogP contribution in [0.15, 0.2) is 22.7 Å². The van der Waals surface area contributed by atoms with Crippen molar-refractivity contribution in [3.63, 3.8) is 0 Å². The van der Waals surface area contributed by atoms with Crippen molar-refractivity contribution in [1.82, 2.24) is 0 Å². The summed E-state index contributed by atoms with van der Waals surface area (Å²) < 4.78 is 0.996. The lowest BCUT2D eigenvalue weighted by atomic mass is 10.1. The van der Waals surface area contributed by atoms with Gasteiger partial charge in [-0.15, -0.1) is 0 Å². The number of aliphatic hydroxyl groups is 1. The van der Waals surface area contributed by atoms with E-state index in [0.29, 0.717) is 6.04 Å². The van der Waals surface area contributed by atoms with E-state index in [0.717, 1.165) is 16.6 Å². The number of thioether (sulfide) groups is 1. The van der Waals surface area contributed by atoms with Crippen molar-refractivity contribution in [1.29, 1.82) is 0 Å². The van der Waals surface area contributed by atoms with E-state index in [9.17, 15) is 5.11 Å². The summed E-state index contributed by atoms with van der Waals surface area (Å²) in [4.78, 5) is 2.44. The average Bonchev–Trinajstić information content (AvgIpc) is 2.29. The van der Waals surface area contributed by atoms with Gasteiger partial charge in [-0.2, -0.15) is 11.8 Å². The van der Waals surface area contributed by atoms with E-state index >= 15 is 0 Å². The topological polar surface area (TPSA) is 23.5 Å². The third kappa shape index (κ3) is 2.98. The largest absolute Gasteiger partial charge is 0.389 e. The van der Waals surface area contributed by atoms with Gasteiger partial charge in [-0.05, 0) is 31.5 Å². The molecule has 1 fully saturated rings. The Hall–Kier alpha value is -0.190. The summed E-state index contributed by atoms with van der Waals surface area (Å²) in [5, 5.41) is 9.61. The van der Waals surface area contributed by atoms with E-state index in [-0.39, 0.29) is 0 Å². The van der Waals surface area contributed by atoms with E-state index in [2.05, 4.69) is 39.9 Å². The van der Waals surface area contributed by atoms with Crippen molar-refractivity contribution < 1.29 is 5.11 Å². The molecule has 2 rings (SSSR count). The Morgan fingerprint density at radius 2 is 2.29 bits per heavy atom. The fourth-order valence-electron chi connectivity index (χ4n) is 2.14. The van der Waals surface area contributed by atoms with Crippen molar-refractivity contribution in [2.24, 2.45) is 0 Å². The molecule has 4 heteroatoms. The first-order valence-electron chi connectivity index (χ1n) is 5.91. The van der Waals surface area contributed by atoms with E-state index in [1.165, 1.54) is 17.2 Å². The van der Waals surface area contributed by atoms with Gasteiger partial charge in [0.2, 0.25) is 0 Å². The number of anilines is 1. The van der Waals surface area contributed by atoms with Gasteiger partial charge in [0.25, 0.3) is 0 Å². The molecule has 1 N–H and O–H groups in total. The van der Waals surface area contributed by atoms with Gasteiger partial charge in [0.15, 0.2) is 0 Å². The number of hydrogen-bond donors (Lipinski definition) is 1. The van der Waals surface area contributed by atoms with Crippen molar-refractivity contribution in [2.75, 3.05) is 23.0 Å². The molecule has 2 nitrogen and oxygen atoms in total. The van der Waals surface area contributed by atoms with Crippen LogP contribution in [0.1, 0.15) is 25.5 Å². The number of nitrogens with zero attached hydrogens (tertiary/aromatic N) is 1. The van der Waals surface area contributed by atoms with E-state index < -0.39 is 6.10 Å². The number of aliphatic hydroxyl groups excluding tert-OH is 1. The number of rotatable bonds is 2. The van der Waals surface area contributed by atoms with Crippen molar-refractivity contribution in [3.05, 3.63) is 28.2 Å². The molecule has 1 saturated heterocycles. The average molecular weight is 316 g/mol. The standard InChI is InChI=1S/C13H18BrNOS/c1-9-8-17-6-5-15(9)11-3-4-12(10(2)16)13(14)7-11/h3-4,7,9-10,16H,5-6,8H2,1-2H3/t9?,10-/m1/s1. The first kappa shape index (κ1) is 13.2. The van der Waals surface area contributed by atoms with Crippen LogP contribution in [0, 0.1) is 0 Å². The van der Waals surface area contributed by atoms with Crippen LogP contribution in [0.2, 0.25) is 0 Å². The highest BCUT2D eigenvalue weighted by Gasteiger charge is 2.19. The SMILES string of the molecule is CC1CSCCN1c1ccc([C@@H](C)O)c(Br)c1. The first-order valence-corrected chi connectivity index (χ1v) is 7.86. The van der Waals surface area contributed by atoms with Gasteiger partial charge in [-0.25, -0.2) is 0 Å². The second-order valence-electron chi connectivity index (χ2n) is 4.50. The molecule has 0 bridgehead atoms. The predicted molar refractivity (Wildman–Crippen MR) is 78.9 cm³/mol. The maximum Gasteiger partial charge on any atom is 0.0772 e. The molecule has 0 aromatic heterocycles. The van der Waals surface area contributed by atoms with Gasteiger partial charge in [0.05, 0.1) is 6.10 Å². The molecule has 0 radical (unpaired) electrons. The highest BCUT2D eigenvalue weighted by atomic mass is 79.9. The molecule has 0 saturated carbocycles. The molecule has 1 aromatic carbocycles. The van der Waals surface area contributed by atoms with Gasteiger partial charge in [-0.3, -0.25) is 0 Å². The highest BCUT2D eigenvalue weighted by molar-refractivity contribution is 9.10. The molecule has 0 spiro atoms. The van der Waals surface area contributed by atoms with Gasteiger partial charge >= 0.3 is 0 Å². The summed E-state index contributed by atoms with van der Waals surface area (Å²) in [5.41, 5.74) is 2.20. The molecule has 1 heterocycles. The molecule has 1 aliphatic heterocycles. The molecule has 2 atom stereocenters. The summed E-state index contributed by atoms with van der Waals surface area (Å²) in [6.45, 7) is 5.16. The van der Waals surface area contributed by atoms with E-state index in [1.807, 2.05) is 17.8 Å². The minimum absolute atomic E-state index is 0.423. The molecule has 94 valence electrons. The first-order chi connectivity index (χ1) is 8.09. The lowest BCUT2D eigenvalue weighted by Gasteiger charge is -2.35. The van der Waals surface area contributed by atoms with Crippen molar-refractivity contribution in [3.8, 4) is 0 Å². The van der Waals surface area contributed by atoms with Gasteiger partial charge in [-0.1, -0.05) is 22.0 Å². The number of benzene rings is 1. The minimum Gasteiger partial charge on any atom is -0.389 e. The summed E-state index contributed by atoms with van der Waals surface area (Å²) in [6.07, 6.45) is -0.423. The molecule has 17 heavy (non-hydrogen) atoms. The Bertz CT molecular complexity index is 397. The molecule has 0 aliphatic carbocycles. The predicted octanol–water partition coefficient (Wildman–Crippen LogP) is 3.44. The zero-order chi connectivity index (χ0) is 12.4. The maximum absolute atomic E-state index is 9.61. The van der Waals surface area contributed by atoms with Crippen LogP contribution in [0.4, 0.5) is 5.69 Å². The second-order valence-corrected chi connectivity index (χ2v) is 6.50. The Morgan fingerprint density at radius 1 is 1.53 bits per heavy atom. The van der Waals surface area contributed by atoms with Crippen LogP contribution in [0.25, 0.3) is 0 Å². The molecule has 1 aliphatic rings. The minimum atomic E-state index is -0.423. The third-order valence-corrected chi connectivity index (χ3v) is 5.01. The quantitative estimate of drug-likeness (QED) is 0.904. The zero-order valence-corrected chi connectivity index (χ0v) is 12.6. The Morgan fingerprint density at radius 3 is 2.88 bits per heavy atom. The maximum atomic E-state index is 9.61. The van der Waals surface area contributed by atoms with Crippen molar-refractivity contribution >= 4 is 33.4 Å². The van der Waals surface area contributed by atoms with Gasteiger partial charge < -0.3 is 10.0 Å². The molecular formula is C13H18BrNOS. The van der Waals surface area contributed by atoms with Crippen LogP contribution >= 0.6 is 27.7 Å². The molecule has 1 aromatic rings. The fraction of sp³-hybridized carbons (Fsp3) is 0.538. The Kier molecular flexibility index (Phi) is 4.39. The molecule has 1 unspecified atom stereocenters. The normalized spacial score (nSPS) is 22.6.